The Kier molecular flexibility index (Phi) is 3.06. The molecule has 0 bridgehead atoms. The lowest BCUT2D eigenvalue weighted by Gasteiger charge is -2.16. The predicted molar refractivity (Wildman–Crippen MR) is 76.4 cm³/mol. The number of fused-ring (bicyclic) bond motifs is 1. The second-order valence-electron chi connectivity index (χ2n) is 5.47. The van der Waals surface area contributed by atoms with Gasteiger partial charge in [-0.15, -0.1) is 0 Å². The first kappa shape index (κ1) is 11.7. The fraction of sp³-hybridized carbons (Fsp3) is 0.375. The van der Waals surface area contributed by atoms with E-state index in [1.165, 1.54) is 16.3 Å². The Morgan fingerprint density at radius 3 is 2.67 bits per heavy atom. The van der Waals surface area contributed by atoms with Crippen molar-refractivity contribution < 1.29 is 0 Å². The second kappa shape index (κ2) is 4.71. The molecule has 0 radical (unpaired) electrons. The molecule has 1 aliphatic rings. The van der Waals surface area contributed by atoms with Crippen LogP contribution in [0.2, 0.25) is 0 Å². The molecule has 0 saturated carbocycles. The third-order valence-corrected chi connectivity index (χ3v) is 4.02. The van der Waals surface area contributed by atoms with E-state index in [-0.39, 0.29) is 0 Å². The number of rotatable bonds is 2. The first-order chi connectivity index (χ1) is 8.74. The molecule has 0 aliphatic carbocycles. The first-order valence-corrected chi connectivity index (χ1v) is 6.68. The molecule has 2 N–H and O–H groups in total. The molecule has 0 amide bonds. The molecule has 94 valence electrons. The van der Waals surface area contributed by atoms with Crippen molar-refractivity contribution in [3.63, 3.8) is 0 Å². The molecular formula is C16H20N2. The summed E-state index contributed by atoms with van der Waals surface area (Å²) in [6.07, 6.45) is 0. The molecule has 1 fully saturated rings. The summed E-state index contributed by atoms with van der Waals surface area (Å²) >= 11 is 0. The summed E-state index contributed by atoms with van der Waals surface area (Å²) in [5.74, 6) is 0.611. The predicted octanol–water partition coefficient (Wildman–Crippen LogP) is 2.62. The van der Waals surface area contributed by atoms with Gasteiger partial charge in [0.25, 0.3) is 0 Å². The maximum Gasteiger partial charge on any atom is 0.0240 e. The van der Waals surface area contributed by atoms with E-state index in [1.54, 1.807) is 0 Å². The van der Waals surface area contributed by atoms with Gasteiger partial charge in [0.05, 0.1) is 0 Å². The van der Waals surface area contributed by atoms with Crippen LogP contribution in [0.25, 0.3) is 10.8 Å². The van der Waals surface area contributed by atoms with Crippen LogP contribution in [0.1, 0.15) is 12.5 Å². The molecule has 2 unspecified atom stereocenters. The van der Waals surface area contributed by atoms with E-state index in [0.717, 1.165) is 19.6 Å². The molecule has 1 saturated heterocycles. The SMILES string of the molecule is CC1CN(Cc2cccc3ccccc23)CC1N. The van der Waals surface area contributed by atoms with Gasteiger partial charge >= 0.3 is 0 Å². The molecule has 18 heavy (non-hydrogen) atoms. The van der Waals surface area contributed by atoms with Gasteiger partial charge in [0, 0.05) is 25.7 Å². The molecular weight excluding hydrogens is 220 g/mol. The normalized spacial score (nSPS) is 24.8. The fourth-order valence-electron chi connectivity index (χ4n) is 2.90. The average Bonchev–Trinajstić information content (AvgIpc) is 2.69. The van der Waals surface area contributed by atoms with Crippen molar-refractivity contribution >= 4 is 10.8 Å². The Hall–Kier alpha value is -1.38. The highest BCUT2D eigenvalue weighted by Gasteiger charge is 2.26. The number of likely N-dealkylation sites (tertiary alicyclic amines) is 1. The van der Waals surface area contributed by atoms with Crippen LogP contribution in [-0.2, 0) is 6.54 Å². The lowest BCUT2D eigenvalue weighted by Crippen LogP contribution is -2.28. The molecule has 1 heterocycles. The number of benzene rings is 2. The van der Waals surface area contributed by atoms with Crippen molar-refractivity contribution in [1.29, 1.82) is 0 Å². The second-order valence-corrected chi connectivity index (χ2v) is 5.47. The van der Waals surface area contributed by atoms with Crippen LogP contribution in [0.5, 0.6) is 0 Å². The Balaban J connectivity index is 1.87. The van der Waals surface area contributed by atoms with Crippen molar-refractivity contribution in [3.05, 3.63) is 48.0 Å². The molecule has 2 aromatic rings. The minimum atomic E-state index is 0.333. The molecule has 2 atom stereocenters. The Bertz CT molecular complexity index is 534. The molecule has 2 heteroatoms. The molecule has 0 aromatic heterocycles. The van der Waals surface area contributed by atoms with E-state index in [0.29, 0.717) is 12.0 Å². The number of hydrogen-bond donors (Lipinski definition) is 1. The van der Waals surface area contributed by atoms with Gasteiger partial charge in [0.2, 0.25) is 0 Å². The lowest BCUT2D eigenvalue weighted by molar-refractivity contribution is 0.320. The summed E-state index contributed by atoms with van der Waals surface area (Å²) in [4.78, 5) is 2.47. The smallest absolute Gasteiger partial charge is 0.0240 e. The Morgan fingerprint density at radius 2 is 1.89 bits per heavy atom. The summed E-state index contributed by atoms with van der Waals surface area (Å²) in [5.41, 5.74) is 7.50. The zero-order chi connectivity index (χ0) is 12.5. The molecule has 2 aromatic carbocycles. The summed E-state index contributed by atoms with van der Waals surface area (Å²) in [6, 6.07) is 15.5. The van der Waals surface area contributed by atoms with E-state index in [4.69, 9.17) is 5.73 Å². The zero-order valence-electron chi connectivity index (χ0n) is 10.8. The summed E-state index contributed by atoms with van der Waals surface area (Å²) in [6.45, 7) is 5.39. The largest absolute Gasteiger partial charge is 0.326 e. The van der Waals surface area contributed by atoms with Gasteiger partial charge in [-0.1, -0.05) is 49.4 Å². The molecule has 1 aliphatic heterocycles. The van der Waals surface area contributed by atoms with E-state index < -0.39 is 0 Å². The highest BCUT2D eigenvalue weighted by Crippen LogP contribution is 2.23. The standard InChI is InChI=1S/C16H20N2/c1-12-9-18(11-16(12)17)10-14-7-4-6-13-5-2-3-8-15(13)14/h2-8,12,16H,9-11,17H2,1H3. The number of nitrogens with two attached hydrogens (primary N) is 1. The van der Waals surface area contributed by atoms with E-state index in [2.05, 4.69) is 54.3 Å². The summed E-state index contributed by atoms with van der Waals surface area (Å²) < 4.78 is 0. The van der Waals surface area contributed by atoms with E-state index in [1.807, 2.05) is 0 Å². The van der Waals surface area contributed by atoms with Crippen molar-refractivity contribution in [2.45, 2.75) is 19.5 Å². The van der Waals surface area contributed by atoms with Gasteiger partial charge in [0.1, 0.15) is 0 Å². The number of nitrogens with zero attached hydrogens (tertiary/aromatic N) is 1. The van der Waals surface area contributed by atoms with Gasteiger partial charge in [0.15, 0.2) is 0 Å². The molecule has 2 nitrogen and oxygen atoms in total. The fourth-order valence-corrected chi connectivity index (χ4v) is 2.90. The summed E-state index contributed by atoms with van der Waals surface area (Å²) in [7, 11) is 0. The van der Waals surface area contributed by atoms with Crippen LogP contribution in [0.15, 0.2) is 42.5 Å². The van der Waals surface area contributed by atoms with Crippen molar-refractivity contribution in [2.24, 2.45) is 11.7 Å². The van der Waals surface area contributed by atoms with Crippen LogP contribution in [-0.4, -0.2) is 24.0 Å². The van der Waals surface area contributed by atoms with Gasteiger partial charge in [-0.3, -0.25) is 4.90 Å². The van der Waals surface area contributed by atoms with Gasteiger partial charge in [-0.2, -0.15) is 0 Å². The van der Waals surface area contributed by atoms with Gasteiger partial charge in [-0.25, -0.2) is 0 Å². The number of hydrogen-bond acceptors (Lipinski definition) is 2. The molecule has 3 rings (SSSR count). The minimum absolute atomic E-state index is 0.333. The minimum Gasteiger partial charge on any atom is -0.326 e. The average molecular weight is 240 g/mol. The van der Waals surface area contributed by atoms with Gasteiger partial charge in [-0.05, 0) is 22.3 Å². The van der Waals surface area contributed by atoms with Crippen molar-refractivity contribution in [2.75, 3.05) is 13.1 Å². The third-order valence-electron chi connectivity index (χ3n) is 4.02. The van der Waals surface area contributed by atoms with Crippen LogP contribution < -0.4 is 5.73 Å². The zero-order valence-corrected chi connectivity index (χ0v) is 10.8. The van der Waals surface area contributed by atoms with E-state index >= 15 is 0 Å². The maximum atomic E-state index is 6.09. The quantitative estimate of drug-likeness (QED) is 0.874. The first-order valence-electron chi connectivity index (χ1n) is 6.68. The van der Waals surface area contributed by atoms with Crippen LogP contribution in [0, 0.1) is 5.92 Å². The van der Waals surface area contributed by atoms with Crippen molar-refractivity contribution in [3.8, 4) is 0 Å². The van der Waals surface area contributed by atoms with Crippen LogP contribution in [0.3, 0.4) is 0 Å². The third kappa shape index (κ3) is 2.14. The Morgan fingerprint density at radius 1 is 1.11 bits per heavy atom. The van der Waals surface area contributed by atoms with Crippen molar-refractivity contribution in [1.82, 2.24) is 4.90 Å². The monoisotopic (exact) mass is 240 g/mol. The van der Waals surface area contributed by atoms with Gasteiger partial charge < -0.3 is 5.73 Å². The van der Waals surface area contributed by atoms with E-state index in [9.17, 15) is 0 Å². The van der Waals surface area contributed by atoms with Crippen LogP contribution >= 0.6 is 0 Å². The maximum absolute atomic E-state index is 6.09. The Labute approximate surface area is 108 Å². The lowest BCUT2D eigenvalue weighted by atomic mass is 10.0. The summed E-state index contributed by atoms with van der Waals surface area (Å²) in [5, 5.41) is 2.69. The molecule has 0 spiro atoms. The highest BCUT2D eigenvalue weighted by molar-refractivity contribution is 5.85. The topological polar surface area (TPSA) is 29.3 Å². The highest BCUT2D eigenvalue weighted by atomic mass is 15.2. The van der Waals surface area contributed by atoms with Crippen LogP contribution in [0.4, 0.5) is 0 Å².